The van der Waals surface area contributed by atoms with Crippen LogP contribution < -0.4 is 5.14 Å². The monoisotopic (exact) mass is 427 g/mol. The Morgan fingerprint density at radius 1 is 1.30 bits per heavy atom. The maximum Gasteiger partial charge on any atom is 0.290 e. The Hall–Kier alpha value is -1.08. The first-order valence-electron chi connectivity index (χ1n) is 6.49. The summed E-state index contributed by atoms with van der Waals surface area (Å²) in [7, 11) is -8.08. The molecular formula is C11H14BrN3O6S2. The average molecular weight is 428 g/mol. The Balaban J connectivity index is 2.45. The molecule has 1 saturated heterocycles. The molecule has 1 aliphatic heterocycles. The fourth-order valence-electron chi connectivity index (χ4n) is 2.38. The Morgan fingerprint density at radius 2 is 1.96 bits per heavy atom. The van der Waals surface area contributed by atoms with Gasteiger partial charge in [-0.1, -0.05) is 15.9 Å². The highest BCUT2D eigenvalue weighted by molar-refractivity contribution is 9.10. The Kier molecular flexibility index (Phi) is 5.11. The van der Waals surface area contributed by atoms with Crippen LogP contribution in [0.1, 0.15) is 12.8 Å². The van der Waals surface area contributed by atoms with Gasteiger partial charge in [-0.05, 0) is 25.0 Å². The molecule has 128 valence electrons. The minimum atomic E-state index is -4.20. The van der Waals surface area contributed by atoms with Crippen LogP contribution in [-0.4, -0.2) is 44.4 Å². The lowest BCUT2D eigenvalue weighted by Gasteiger charge is -2.30. The summed E-state index contributed by atoms with van der Waals surface area (Å²) in [6, 6.07) is 3.59. The van der Waals surface area contributed by atoms with E-state index in [0.717, 1.165) is 16.4 Å². The Labute approximate surface area is 141 Å². The van der Waals surface area contributed by atoms with Crippen LogP contribution in [0.4, 0.5) is 5.69 Å². The highest BCUT2D eigenvalue weighted by Crippen LogP contribution is 2.31. The number of nitrogens with two attached hydrogens (primary N) is 1. The minimum Gasteiger partial charge on any atom is -0.258 e. The van der Waals surface area contributed by atoms with Crippen molar-refractivity contribution in [2.24, 2.45) is 5.14 Å². The number of hydrogen-bond donors (Lipinski definition) is 1. The van der Waals surface area contributed by atoms with Crippen LogP contribution in [0.25, 0.3) is 0 Å². The van der Waals surface area contributed by atoms with E-state index in [-0.39, 0.29) is 19.5 Å². The summed E-state index contributed by atoms with van der Waals surface area (Å²) < 4.78 is 49.5. The molecule has 1 aliphatic rings. The fourth-order valence-corrected chi connectivity index (χ4v) is 5.37. The van der Waals surface area contributed by atoms with Crippen molar-refractivity contribution in [3.05, 3.63) is 32.8 Å². The van der Waals surface area contributed by atoms with Gasteiger partial charge in [0.15, 0.2) is 4.90 Å². The van der Waals surface area contributed by atoms with E-state index in [9.17, 15) is 26.9 Å². The average Bonchev–Trinajstić information content (AvgIpc) is 2.46. The number of nitro benzene ring substituents is 1. The van der Waals surface area contributed by atoms with Gasteiger partial charge in [0.2, 0.25) is 20.0 Å². The molecular weight excluding hydrogens is 414 g/mol. The normalized spacial score (nSPS) is 20.3. The summed E-state index contributed by atoms with van der Waals surface area (Å²) in [5, 5.41) is 15.2. The third-order valence-corrected chi connectivity index (χ3v) is 7.26. The molecule has 2 rings (SSSR count). The zero-order valence-corrected chi connectivity index (χ0v) is 15.0. The smallest absolute Gasteiger partial charge is 0.258 e. The first-order chi connectivity index (χ1) is 10.5. The zero-order chi connectivity index (χ0) is 17.4. The summed E-state index contributed by atoms with van der Waals surface area (Å²) in [4.78, 5) is 9.85. The van der Waals surface area contributed by atoms with Gasteiger partial charge in [0.25, 0.3) is 5.69 Å². The van der Waals surface area contributed by atoms with Crippen molar-refractivity contribution in [1.29, 1.82) is 0 Å². The van der Waals surface area contributed by atoms with Gasteiger partial charge in [-0.2, -0.15) is 4.31 Å². The van der Waals surface area contributed by atoms with Gasteiger partial charge in [-0.15, -0.1) is 0 Å². The highest BCUT2D eigenvalue weighted by Gasteiger charge is 2.37. The van der Waals surface area contributed by atoms with E-state index in [1.54, 1.807) is 0 Å². The molecule has 1 aromatic rings. The molecule has 12 heteroatoms. The van der Waals surface area contributed by atoms with Gasteiger partial charge in [0.05, 0.1) is 10.2 Å². The number of primary sulfonamides is 1. The van der Waals surface area contributed by atoms with Gasteiger partial charge < -0.3 is 0 Å². The van der Waals surface area contributed by atoms with Crippen LogP contribution in [0, 0.1) is 10.1 Å². The second-order valence-electron chi connectivity index (χ2n) is 5.09. The number of piperidine rings is 1. The van der Waals surface area contributed by atoms with Crippen LogP contribution in [0.3, 0.4) is 0 Å². The summed E-state index contributed by atoms with van der Waals surface area (Å²) in [6.07, 6.45) is 0.567. The van der Waals surface area contributed by atoms with E-state index in [4.69, 9.17) is 5.14 Å². The van der Waals surface area contributed by atoms with Crippen molar-refractivity contribution in [2.75, 3.05) is 13.1 Å². The van der Waals surface area contributed by atoms with Crippen molar-refractivity contribution in [3.63, 3.8) is 0 Å². The van der Waals surface area contributed by atoms with Crippen molar-refractivity contribution in [3.8, 4) is 0 Å². The minimum absolute atomic E-state index is 0.0849. The van der Waals surface area contributed by atoms with Crippen molar-refractivity contribution in [2.45, 2.75) is 23.0 Å². The van der Waals surface area contributed by atoms with Crippen molar-refractivity contribution < 1.29 is 21.8 Å². The van der Waals surface area contributed by atoms with E-state index in [2.05, 4.69) is 15.9 Å². The molecule has 1 atom stereocenters. The molecule has 23 heavy (non-hydrogen) atoms. The van der Waals surface area contributed by atoms with E-state index in [0.29, 0.717) is 10.9 Å². The number of nitro groups is 1. The van der Waals surface area contributed by atoms with Gasteiger partial charge in [-0.25, -0.2) is 22.0 Å². The lowest BCUT2D eigenvalue weighted by atomic mass is 10.2. The summed E-state index contributed by atoms with van der Waals surface area (Å²) in [5.74, 6) is 0. The maximum atomic E-state index is 12.7. The number of benzene rings is 1. The second kappa shape index (κ2) is 6.43. The molecule has 1 heterocycles. The molecule has 0 radical (unpaired) electrons. The molecule has 0 saturated carbocycles. The van der Waals surface area contributed by atoms with Gasteiger partial charge in [0, 0.05) is 23.6 Å². The van der Waals surface area contributed by atoms with Crippen LogP contribution in [0.15, 0.2) is 27.6 Å². The van der Waals surface area contributed by atoms with Gasteiger partial charge in [-0.3, -0.25) is 10.1 Å². The number of sulfonamides is 2. The predicted molar refractivity (Wildman–Crippen MR) is 85.7 cm³/mol. The van der Waals surface area contributed by atoms with Gasteiger partial charge >= 0.3 is 0 Å². The SMILES string of the molecule is NS(=O)(=O)C1CCCN(S(=O)(=O)c2ccc(Br)cc2[N+](=O)[O-])C1. The highest BCUT2D eigenvalue weighted by atomic mass is 79.9. The second-order valence-corrected chi connectivity index (χ2v) is 9.75. The molecule has 2 N–H and O–H groups in total. The Morgan fingerprint density at radius 3 is 2.52 bits per heavy atom. The Bertz CT molecular complexity index is 839. The molecule has 0 amide bonds. The first kappa shape index (κ1) is 18.3. The molecule has 1 fully saturated rings. The van der Waals surface area contributed by atoms with E-state index in [1.165, 1.54) is 6.07 Å². The van der Waals surface area contributed by atoms with Crippen LogP contribution in [-0.2, 0) is 20.0 Å². The number of halogens is 1. The largest absolute Gasteiger partial charge is 0.290 e. The summed E-state index contributed by atoms with van der Waals surface area (Å²) >= 11 is 3.05. The predicted octanol–water partition coefficient (Wildman–Crippen LogP) is 0.799. The van der Waals surface area contributed by atoms with Crippen molar-refractivity contribution in [1.82, 2.24) is 4.31 Å². The molecule has 0 aromatic heterocycles. The quantitative estimate of drug-likeness (QED) is 0.556. The molecule has 0 spiro atoms. The topological polar surface area (TPSA) is 141 Å². The standard InChI is InChI=1S/C11H14BrN3O6S2/c12-8-3-4-11(10(6-8)15(16)17)23(20,21)14-5-1-2-9(7-14)22(13,18)19/h3-4,6,9H,1-2,5,7H2,(H2,13,18,19). The van der Waals surface area contributed by atoms with E-state index >= 15 is 0 Å². The molecule has 1 unspecified atom stereocenters. The van der Waals surface area contributed by atoms with Crippen molar-refractivity contribution >= 4 is 41.7 Å². The summed E-state index contributed by atoms with van der Waals surface area (Å²) in [5.41, 5.74) is -0.572. The van der Waals surface area contributed by atoms with Crippen LogP contribution in [0.2, 0.25) is 0 Å². The van der Waals surface area contributed by atoms with Crippen LogP contribution in [0.5, 0.6) is 0 Å². The third-order valence-electron chi connectivity index (χ3n) is 3.54. The lowest BCUT2D eigenvalue weighted by Crippen LogP contribution is -2.47. The number of hydrogen-bond acceptors (Lipinski definition) is 6. The molecule has 9 nitrogen and oxygen atoms in total. The fraction of sp³-hybridized carbons (Fsp3) is 0.455. The van der Waals surface area contributed by atoms with Gasteiger partial charge in [0.1, 0.15) is 0 Å². The summed E-state index contributed by atoms with van der Waals surface area (Å²) in [6.45, 7) is -0.226. The maximum absolute atomic E-state index is 12.7. The van der Waals surface area contributed by atoms with E-state index in [1.807, 2.05) is 0 Å². The molecule has 0 bridgehead atoms. The third kappa shape index (κ3) is 3.88. The molecule has 0 aliphatic carbocycles. The number of rotatable bonds is 4. The zero-order valence-electron chi connectivity index (χ0n) is 11.8. The van der Waals surface area contributed by atoms with E-state index < -0.39 is 40.8 Å². The first-order valence-corrected chi connectivity index (χ1v) is 10.3. The number of nitrogens with zero attached hydrogens (tertiary/aromatic N) is 2. The lowest BCUT2D eigenvalue weighted by molar-refractivity contribution is -0.387. The van der Waals surface area contributed by atoms with Crippen LogP contribution >= 0.6 is 15.9 Å². The molecule has 1 aromatic carbocycles.